The molecule has 2 rings (SSSR count). The summed E-state index contributed by atoms with van der Waals surface area (Å²) >= 11 is 0. The van der Waals surface area contributed by atoms with E-state index < -0.39 is 17.3 Å². The number of nitrogens with zero attached hydrogens (tertiary/aromatic N) is 1. The molecule has 5 heteroatoms. The van der Waals surface area contributed by atoms with Crippen molar-refractivity contribution < 1.29 is 14.3 Å². The maximum atomic E-state index is 13.9. The van der Waals surface area contributed by atoms with Gasteiger partial charge in [0, 0.05) is 31.4 Å². The van der Waals surface area contributed by atoms with Gasteiger partial charge in [-0.2, -0.15) is 0 Å². The lowest BCUT2D eigenvalue weighted by molar-refractivity contribution is -0.128. The molecule has 1 aromatic rings. The van der Waals surface area contributed by atoms with Crippen LogP contribution in [0.2, 0.25) is 0 Å². The second-order valence-electron chi connectivity index (χ2n) is 5.66. The Hall–Kier alpha value is -1.62. The molecular formula is C15H21FN2O2. The highest BCUT2D eigenvalue weighted by atomic mass is 19.1. The third-order valence-electron chi connectivity index (χ3n) is 4.04. The normalized spacial score (nSPS) is 23.8. The SMILES string of the molecule is CNC(=O)C1(C)CCN(c2cccc(F)c2[C@H](C)O)C1. The van der Waals surface area contributed by atoms with Gasteiger partial charge in [0.05, 0.1) is 11.5 Å². The van der Waals surface area contributed by atoms with Crippen molar-refractivity contribution in [3.05, 3.63) is 29.6 Å². The summed E-state index contributed by atoms with van der Waals surface area (Å²) in [7, 11) is 1.62. The van der Waals surface area contributed by atoms with E-state index in [1.54, 1.807) is 26.1 Å². The molecule has 1 unspecified atom stereocenters. The lowest BCUT2D eigenvalue weighted by atomic mass is 9.89. The Morgan fingerprint density at radius 2 is 2.25 bits per heavy atom. The summed E-state index contributed by atoms with van der Waals surface area (Å²) in [6.45, 7) is 4.66. The predicted molar refractivity (Wildman–Crippen MR) is 76.0 cm³/mol. The number of halogens is 1. The molecule has 1 aromatic carbocycles. The van der Waals surface area contributed by atoms with Gasteiger partial charge in [-0.05, 0) is 32.4 Å². The van der Waals surface area contributed by atoms with Crippen molar-refractivity contribution >= 4 is 11.6 Å². The molecule has 2 atom stereocenters. The number of hydrogen-bond acceptors (Lipinski definition) is 3. The first kappa shape index (κ1) is 14.8. The van der Waals surface area contributed by atoms with Crippen molar-refractivity contribution in [1.82, 2.24) is 5.32 Å². The summed E-state index contributed by atoms with van der Waals surface area (Å²) in [5.41, 5.74) is 0.498. The lowest BCUT2D eigenvalue weighted by Gasteiger charge is -2.26. The highest BCUT2D eigenvalue weighted by molar-refractivity contribution is 5.83. The molecule has 1 aliphatic rings. The Balaban J connectivity index is 2.31. The molecule has 20 heavy (non-hydrogen) atoms. The maximum absolute atomic E-state index is 13.9. The number of aliphatic hydroxyl groups is 1. The van der Waals surface area contributed by atoms with Crippen LogP contribution in [0.1, 0.15) is 31.9 Å². The van der Waals surface area contributed by atoms with Gasteiger partial charge in [-0.3, -0.25) is 4.79 Å². The van der Waals surface area contributed by atoms with Crippen LogP contribution in [0, 0.1) is 11.2 Å². The van der Waals surface area contributed by atoms with E-state index in [-0.39, 0.29) is 5.91 Å². The number of nitrogens with one attached hydrogen (secondary N) is 1. The molecular weight excluding hydrogens is 259 g/mol. The summed E-state index contributed by atoms with van der Waals surface area (Å²) in [4.78, 5) is 13.9. The van der Waals surface area contributed by atoms with Gasteiger partial charge in [0.1, 0.15) is 5.82 Å². The lowest BCUT2D eigenvalue weighted by Crippen LogP contribution is -2.39. The van der Waals surface area contributed by atoms with E-state index in [1.165, 1.54) is 6.07 Å². The highest BCUT2D eigenvalue weighted by Crippen LogP contribution is 2.37. The molecule has 1 heterocycles. The second kappa shape index (κ2) is 5.40. The van der Waals surface area contributed by atoms with Crippen LogP contribution < -0.4 is 10.2 Å². The molecule has 0 spiro atoms. The topological polar surface area (TPSA) is 52.6 Å². The van der Waals surface area contributed by atoms with E-state index in [0.29, 0.717) is 30.8 Å². The quantitative estimate of drug-likeness (QED) is 0.888. The van der Waals surface area contributed by atoms with Crippen LogP contribution in [0.5, 0.6) is 0 Å². The van der Waals surface area contributed by atoms with Crippen molar-refractivity contribution in [3.63, 3.8) is 0 Å². The largest absolute Gasteiger partial charge is 0.389 e. The minimum absolute atomic E-state index is 0.00463. The standard InChI is InChI=1S/C15H21FN2O2/c1-10(19)13-11(16)5-4-6-12(13)18-8-7-15(2,9-18)14(20)17-3/h4-6,10,19H,7-9H2,1-3H3,(H,17,20)/t10-,15?/m0/s1. The van der Waals surface area contributed by atoms with E-state index in [2.05, 4.69) is 5.32 Å². The average molecular weight is 280 g/mol. The van der Waals surface area contributed by atoms with Crippen molar-refractivity contribution in [3.8, 4) is 0 Å². The van der Waals surface area contributed by atoms with Gasteiger partial charge in [0.15, 0.2) is 0 Å². The first-order valence-corrected chi connectivity index (χ1v) is 6.82. The van der Waals surface area contributed by atoms with Crippen LogP contribution in [0.15, 0.2) is 18.2 Å². The molecule has 1 fully saturated rings. The van der Waals surface area contributed by atoms with Crippen LogP contribution >= 0.6 is 0 Å². The number of carbonyl (C=O) groups is 1. The first-order valence-electron chi connectivity index (χ1n) is 6.82. The van der Waals surface area contributed by atoms with Crippen molar-refractivity contribution in [2.75, 3.05) is 25.0 Å². The zero-order valence-corrected chi connectivity index (χ0v) is 12.1. The van der Waals surface area contributed by atoms with Gasteiger partial charge in [-0.1, -0.05) is 6.07 Å². The van der Waals surface area contributed by atoms with E-state index in [9.17, 15) is 14.3 Å². The zero-order valence-electron chi connectivity index (χ0n) is 12.1. The molecule has 0 radical (unpaired) electrons. The monoisotopic (exact) mass is 280 g/mol. The molecule has 0 aromatic heterocycles. The zero-order chi connectivity index (χ0) is 14.9. The summed E-state index contributed by atoms with van der Waals surface area (Å²) < 4.78 is 13.9. The Kier molecular flexibility index (Phi) is 3.99. The molecule has 1 saturated heterocycles. The Labute approximate surface area is 118 Å². The number of rotatable bonds is 3. The van der Waals surface area contributed by atoms with Crippen LogP contribution in [-0.4, -0.2) is 31.2 Å². The van der Waals surface area contributed by atoms with Crippen molar-refractivity contribution in [1.29, 1.82) is 0 Å². The number of carbonyl (C=O) groups excluding carboxylic acids is 1. The van der Waals surface area contributed by atoms with Gasteiger partial charge in [0.2, 0.25) is 5.91 Å². The minimum Gasteiger partial charge on any atom is -0.389 e. The average Bonchev–Trinajstić information content (AvgIpc) is 2.81. The number of benzene rings is 1. The van der Waals surface area contributed by atoms with Gasteiger partial charge >= 0.3 is 0 Å². The molecule has 1 amide bonds. The molecule has 110 valence electrons. The predicted octanol–water partition coefficient (Wildman–Crippen LogP) is 1.84. The van der Waals surface area contributed by atoms with Gasteiger partial charge < -0.3 is 15.3 Å². The minimum atomic E-state index is -0.877. The number of anilines is 1. The van der Waals surface area contributed by atoms with E-state index in [0.717, 1.165) is 0 Å². The fourth-order valence-corrected chi connectivity index (χ4v) is 2.87. The summed E-state index contributed by atoms with van der Waals surface area (Å²) in [5.74, 6) is -0.416. The molecule has 0 bridgehead atoms. The highest BCUT2D eigenvalue weighted by Gasteiger charge is 2.40. The fourth-order valence-electron chi connectivity index (χ4n) is 2.87. The van der Waals surface area contributed by atoms with E-state index >= 15 is 0 Å². The number of amides is 1. The number of hydrogen-bond donors (Lipinski definition) is 2. The van der Waals surface area contributed by atoms with E-state index in [1.807, 2.05) is 11.8 Å². The van der Waals surface area contributed by atoms with E-state index in [4.69, 9.17) is 0 Å². The fraction of sp³-hybridized carbons (Fsp3) is 0.533. The Bertz CT molecular complexity index is 519. The van der Waals surface area contributed by atoms with Crippen molar-refractivity contribution in [2.45, 2.75) is 26.4 Å². The molecule has 1 aliphatic heterocycles. The van der Waals surface area contributed by atoms with Crippen LogP contribution in [0.25, 0.3) is 0 Å². The Morgan fingerprint density at radius 3 is 2.85 bits per heavy atom. The van der Waals surface area contributed by atoms with Crippen LogP contribution in [0.4, 0.5) is 10.1 Å². The number of aliphatic hydroxyl groups excluding tert-OH is 1. The van der Waals surface area contributed by atoms with Gasteiger partial charge in [0.25, 0.3) is 0 Å². The Morgan fingerprint density at radius 1 is 1.55 bits per heavy atom. The third-order valence-corrected chi connectivity index (χ3v) is 4.04. The van der Waals surface area contributed by atoms with Crippen LogP contribution in [0.3, 0.4) is 0 Å². The maximum Gasteiger partial charge on any atom is 0.227 e. The first-order chi connectivity index (χ1) is 9.39. The van der Waals surface area contributed by atoms with Crippen molar-refractivity contribution in [2.24, 2.45) is 5.41 Å². The molecule has 0 aliphatic carbocycles. The summed E-state index contributed by atoms with van der Waals surface area (Å²) in [5, 5.41) is 12.5. The summed E-state index contributed by atoms with van der Waals surface area (Å²) in [6, 6.07) is 4.77. The second-order valence-corrected chi connectivity index (χ2v) is 5.66. The molecule has 0 saturated carbocycles. The third kappa shape index (κ3) is 2.50. The molecule has 4 nitrogen and oxygen atoms in total. The molecule has 2 N–H and O–H groups in total. The summed E-state index contributed by atoms with van der Waals surface area (Å²) in [6.07, 6.45) is -0.166. The van der Waals surface area contributed by atoms with Gasteiger partial charge in [-0.25, -0.2) is 4.39 Å². The van der Waals surface area contributed by atoms with Gasteiger partial charge in [-0.15, -0.1) is 0 Å². The van der Waals surface area contributed by atoms with Crippen LogP contribution in [-0.2, 0) is 4.79 Å². The smallest absolute Gasteiger partial charge is 0.227 e.